The first-order valence-electron chi connectivity index (χ1n) is 9.55. The molecule has 1 aliphatic rings. The minimum absolute atomic E-state index is 0.0642. The van der Waals surface area contributed by atoms with Crippen molar-refractivity contribution in [3.05, 3.63) is 104 Å². The Kier molecular flexibility index (Phi) is 6.72. The van der Waals surface area contributed by atoms with Crippen LogP contribution in [0.3, 0.4) is 0 Å². The van der Waals surface area contributed by atoms with Crippen LogP contribution >= 0.6 is 27.7 Å². The van der Waals surface area contributed by atoms with Crippen LogP contribution in [-0.4, -0.2) is 16.0 Å². The molecular formula is C24H16BrF2NO3S. The molecule has 1 saturated heterocycles. The van der Waals surface area contributed by atoms with E-state index in [1.165, 1.54) is 36.4 Å². The molecule has 1 fully saturated rings. The Balaban J connectivity index is 1.54. The average Bonchev–Trinajstić information content (AvgIpc) is 3.03. The van der Waals surface area contributed by atoms with E-state index >= 15 is 0 Å². The van der Waals surface area contributed by atoms with Crippen molar-refractivity contribution in [1.29, 1.82) is 0 Å². The quantitative estimate of drug-likeness (QED) is 0.349. The predicted octanol–water partition coefficient (Wildman–Crippen LogP) is 6.54. The molecular weight excluding hydrogens is 500 g/mol. The molecule has 0 atom stereocenters. The summed E-state index contributed by atoms with van der Waals surface area (Å²) in [6, 6.07) is 17.0. The number of amides is 2. The van der Waals surface area contributed by atoms with Gasteiger partial charge in [-0.1, -0.05) is 40.2 Å². The van der Waals surface area contributed by atoms with E-state index in [0.717, 1.165) is 26.7 Å². The van der Waals surface area contributed by atoms with Crippen LogP contribution in [0.25, 0.3) is 6.08 Å². The summed E-state index contributed by atoms with van der Waals surface area (Å²) in [6.07, 6.45) is 1.61. The number of halogens is 3. The van der Waals surface area contributed by atoms with Gasteiger partial charge in [-0.25, -0.2) is 8.78 Å². The van der Waals surface area contributed by atoms with E-state index in [0.29, 0.717) is 16.9 Å². The van der Waals surface area contributed by atoms with Crippen molar-refractivity contribution in [1.82, 2.24) is 4.90 Å². The Morgan fingerprint density at radius 1 is 0.906 bits per heavy atom. The van der Waals surface area contributed by atoms with Gasteiger partial charge < -0.3 is 4.74 Å². The molecule has 8 heteroatoms. The topological polar surface area (TPSA) is 46.6 Å². The highest BCUT2D eigenvalue weighted by molar-refractivity contribution is 9.10. The number of hydrogen-bond acceptors (Lipinski definition) is 4. The fourth-order valence-electron chi connectivity index (χ4n) is 3.06. The number of thioether (sulfide) groups is 1. The van der Waals surface area contributed by atoms with Crippen LogP contribution in [-0.2, 0) is 17.9 Å². The normalized spacial score (nSPS) is 15.0. The molecule has 0 aliphatic carbocycles. The predicted molar refractivity (Wildman–Crippen MR) is 123 cm³/mol. The van der Waals surface area contributed by atoms with Crippen LogP contribution in [0.2, 0.25) is 0 Å². The SMILES string of the molecule is O=C1SC(=Cc2cc(Br)ccc2OCc2ccc(F)cc2)C(=O)N1Cc1ccc(F)cc1. The highest BCUT2D eigenvalue weighted by Gasteiger charge is 2.35. The van der Waals surface area contributed by atoms with Crippen LogP contribution < -0.4 is 4.74 Å². The lowest BCUT2D eigenvalue weighted by atomic mass is 10.1. The van der Waals surface area contributed by atoms with Gasteiger partial charge in [-0.05, 0) is 71.4 Å². The largest absolute Gasteiger partial charge is 0.488 e. The maximum Gasteiger partial charge on any atom is 0.293 e. The van der Waals surface area contributed by atoms with Gasteiger partial charge in [0.15, 0.2) is 0 Å². The number of benzene rings is 3. The number of carbonyl (C=O) groups excluding carboxylic acids is 2. The summed E-state index contributed by atoms with van der Waals surface area (Å²) in [5.41, 5.74) is 2.06. The van der Waals surface area contributed by atoms with Gasteiger partial charge in [0.05, 0.1) is 11.4 Å². The Morgan fingerprint density at radius 3 is 2.19 bits per heavy atom. The first-order chi connectivity index (χ1) is 15.4. The van der Waals surface area contributed by atoms with E-state index in [2.05, 4.69) is 15.9 Å². The minimum atomic E-state index is -0.422. The van der Waals surface area contributed by atoms with E-state index < -0.39 is 11.1 Å². The number of nitrogens with zero attached hydrogens (tertiary/aromatic N) is 1. The number of rotatable bonds is 6. The minimum Gasteiger partial charge on any atom is -0.488 e. The van der Waals surface area contributed by atoms with Gasteiger partial charge in [0.25, 0.3) is 11.1 Å². The summed E-state index contributed by atoms with van der Waals surface area (Å²) < 4.78 is 32.9. The third kappa shape index (κ3) is 5.26. The first-order valence-corrected chi connectivity index (χ1v) is 11.2. The lowest BCUT2D eigenvalue weighted by Crippen LogP contribution is -2.27. The molecule has 3 aromatic carbocycles. The molecule has 4 rings (SSSR count). The second kappa shape index (κ2) is 9.67. The van der Waals surface area contributed by atoms with Gasteiger partial charge in [-0.2, -0.15) is 0 Å². The molecule has 4 nitrogen and oxygen atoms in total. The average molecular weight is 516 g/mol. The fraction of sp³-hybridized carbons (Fsp3) is 0.0833. The standard InChI is InChI=1S/C24H16BrF2NO3S/c25-18-5-10-21(31-14-16-3-8-20(27)9-4-16)17(11-18)12-22-23(29)28(24(30)32-22)13-15-1-6-19(26)7-2-15/h1-12H,13-14H2. The van der Waals surface area contributed by atoms with E-state index in [1.807, 2.05) is 0 Å². The highest BCUT2D eigenvalue weighted by Crippen LogP contribution is 2.35. The van der Waals surface area contributed by atoms with E-state index in [9.17, 15) is 18.4 Å². The van der Waals surface area contributed by atoms with Crippen molar-refractivity contribution in [3.63, 3.8) is 0 Å². The summed E-state index contributed by atoms with van der Waals surface area (Å²) in [7, 11) is 0. The molecule has 1 aliphatic heterocycles. The first kappa shape index (κ1) is 22.2. The summed E-state index contributed by atoms with van der Waals surface area (Å²) in [5, 5.41) is -0.394. The zero-order valence-electron chi connectivity index (χ0n) is 16.6. The molecule has 0 N–H and O–H groups in total. The molecule has 0 spiro atoms. The third-order valence-electron chi connectivity index (χ3n) is 4.69. The fourth-order valence-corrected chi connectivity index (χ4v) is 4.26. The molecule has 3 aromatic rings. The summed E-state index contributed by atoms with van der Waals surface area (Å²) in [5.74, 6) is -0.614. The molecule has 32 heavy (non-hydrogen) atoms. The summed E-state index contributed by atoms with van der Waals surface area (Å²) >= 11 is 4.25. The van der Waals surface area contributed by atoms with Crippen LogP contribution in [0.4, 0.5) is 13.6 Å². The third-order valence-corrected chi connectivity index (χ3v) is 6.09. The second-order valence-corrected chi connectivity index (χ2v) is 8.90. The molecule has 0 unspecified atom stereocenters. The number of hydrogen-bond donors (Lipinski definition) is 0. The van der Waals surface area contributed by atoms with Crippen LogP contribution in [0.5, 0.6) is 5.75 Å². The van der Waals surface area contributed by atoms with Gasteiger partial charge in [0, 0.05) is 10.0 Å². The van der Waals surface area contributed by atoms with Gasteiger partial charge >= 0.3 is 0 Å². The van der Waals surface area contributed by atoms with E-state index in [-0.39, 0.29) is 29.7 Å². The lowest BCUT2D eigenvalue weighted by molar-refractivity contribution is -0.123. The second-order valence-electron chi connectivity index (χ2n) is 6.99. The van der Waals surface area contributed by atoms with Crippen molar-refractivity contribution in [2.45, 2.75) is 13.2 Å². The Labute approximate surface area is 196 Å². The molecule has 1 heterocycles. The lowest BCUT2D eigenvalue weighted by Gasteiger charge is -2.12. The molecule has 2 amide bonds. The molecule has 0 bridgehead atoms. The van der Waals surface area contributed by atoms with Crippen molar-refractivity contribution < 1.29 is 23.1 Å². The molecule has 162 valence electrons. The van der Waals surface area contributed by atoms with Crippen molar-refractivity contribution in [2.75, 3.05) is 0 Å². The van der Waals surface area contributed by atoms with Crippen LogP contribution in [0.15, 0.2) is 76.1 Å². The Hall–Kier alpha value is -2.97. The summed E-state index contributed by atoms with van der Waals surface area (Å²) in [4.78, 5) is 26.7. The number of ether oxygens (including phenoxy) is 1. The Morgan fingerprint density at radius 2 is 1.53 bits per heavy atom. The van der Waals surface area contributed by atoms with Crippen LogP contribution in [0, 0.1) is 11.6 Å². The van der Waals surface area contributed by atoms with E-state index in [4.69, 9.17) is 4.74 Å². The van der Waals surface area contributed by atoms with E-state index in [1.54, 1.807) is 36.4 Å². The smallest absolute Gasteiger partial charge is 0.293 e. The molecule has 0 radical (unpaired) electrons. The maximum absolute atomic E-state index is 13.1. The Bertz CT molecular complexity index is 1200. The zero-order chi connectivity index (χ0) is 22.7. The highest BCUT2D eigenvalue weighted by atomic mass is 79.9. The number of imide groups is 1. The van der Waals surface area contributed by atoms with Crippen molar-refractivity contribution >= 4 is 44.9 Å². The van der Waals surface area contributed by atoms with Crippen LogP contribution in [0.1, 0.15) is 16.7 Å². The monoisotopic (exact) mass is 515 g/mol. The van der Waals surface area contributed by atoms with Gasteiger partial charge in [0.2, 0.25) is 0 Å². The molecule has 0 aromatic heterocycles. The van der Waals surface area contributed by atoms with Gasteiger partial charge in [0.1, 0.15) is 24.0 Å². The van der Waals surface area contributed by atoms with Gasteiger partial charge in [-0.3, -0.25) is 14.5 Å². The number of carbonyl (C=O) groups is 2. The maximum atomic E-state index is 13.1. The molecule has 0 saturated carbocycles. The zero-order valence-corrected chi connectivity index (χ0v) is 19.0. The van der Waals surface area contributed by atoms with Crippen molar-refractivity contribution in [2.24, 2.45) is 0 Å². The van der Waals surface area contributed by atoms with Crippen molar-refractivity contribution in [3.8, 4) is 5.75 Å². The van der Waals surface area contributed by atoms with Gasteiger partial charge in [-0.15, -0.1) is 0 Å². The summed E-state index contributed by atoms with van der Waals surface area (Å²) in [6.45, 7) is 0.281.